The van der Waals surface area contributed by atoms with E-state index in [0.717, 1.165) is 15.9 Å². The molecule has 0 saturated heterocycles. The van der Waals surface area contributed by atoms with E-state index in [1.165, 1.54) is 44.4 Å². The number of sulfonamides is 1. The number of amides is 2. The zero-order valence-corrected chi connectivity index (χ0v) is 18.0. The molecule has 0 saturated carbocycles. The summed E-state index contributed by atoms with van der Waals surface area (Å²) in [6.07, 6.45) is 0.264. The lowest BCUT2D eigenvalue weighted by atomic mass is 10.2. The molecule has 0 aliphatic carbocycles. The van der Waals surface area contributed by atoms with Gasteiger partial charge in [-0.15, -0.1) is 0 Å². The van der Waals surface area contributed by atoms with Crippen LogP contribution in [0.1, 0.15) is 22.6 Å². The molecule has 0 fully saturated rings. The van der Waals surface area contributed by atoms with Gasteiger partial charge in [-0.3, -0.25) is 20.4 Å². The molecule has 0 unspecified atom stereocenters. The highest BCUT2D eigenvalue weighted by molar-refractivity contribution is 7.89. The van der Waals surface area contributed by atoms with Crippen molar-refractivity contribution in [2.75, 3.05) is 14.1 Å². The van der Waals surface area contributed by atoms with Crippen LogP contribution in [0.15, 0.2) is 47.4 Å². The molecule has 9 nitrogen and oxygen atoms in total. The molecule has 31 heavy (non-hydrogen) atoms. The monoisotopic (exact) mass is 447 g/mol. The Balaban J connectivity index is 1.65. The quantitative estimate of drug-likeness (QED) is 0.554. The number of carbonyl (C=O) groups is 2. The number of hydrogen-bond donors (Lipinski definition) is 2. The Morgan fingerprint density at radius 1 is 1.13 bits per heavy atom. The summed E-state index contributed by atoms with van der Waals surface area (Å²) in [5, 5.41) is 0. The number of fused-ring (bicyclic) bond motifs is 1. The lowest BCUT2D eigenvalue weighted by Gasteiger charge is -2.10. The molecular weight excluding hydrogens is 425 g/mol. The zero-order chi connectivity index (χ0) is 22.8. The third-order valence-corrected chi connectivity index (χ3v) is 6.54. The number of nitrogens with zero attached hydrogens (tertiary/aromatic N) is 3. The minimum Gasteiger partial charge on any atom is -0.331 e. The number of nitrogens with one attached hydrogen (secondary N) is 2. The standard InChI is InChI=1S/C20H22FN5O4S/c1-25(2)31(29,30)13-8-9-17-16(12-13)22-18(26(17)3)10-11-19(27)23-24-20(28)14-6-4-5-7-15(14)21/h4-9,12H,10-11H2,1-3H3,(H,23,27)(H,24,28). The zero-order valence-electron chi connectivity index (χ0n) is 17.2. The number of halogens is 1. The minimum absolute atomic E-state index is 0.0115. The van der Waals surface area contributed by atoms with Gasteiger partial charge in [0, 0.05) is 34.0 Å². The molecular formula is C20H22FN5O4S. The van der Waals surface area contributed by atoms with Crippen molar-refractivity contribution < 1.29 is 22.4 Å². The smallest absolute Gasteiger partial charge is 0.272 e. The van der Waals surface area contributed by atoms with Crippen LogP contribution in [-0.4, -0.2) is 48.2 Å². The van der Waals surface area contributed by atoms with Gasteiger partial charge in [0.2, 0.25) is 15.9 Å². The molecule has 0 atom stereocenters. The molecule has 3 aromatic rings. The van der Waals surface area contributed by atoms with Gasteiger partial charge in [0.25, 0.3) is 5.91 Å². The van der Waals surface area contributed by atoms with E-state index in [9.17, 15) is 22.4 Å². The number of benzene rings is 2. The number of hydrazine groups is 1. The molecule has 1 aromatic heterocycles. The van der Waals surface area contributed by atoms with Crippen LogP contribution >= 0.6 is 0 Å². The predicted octanol–water partition coefficient (Wildman–Crippen LogP) is 1.36. The molecule has 2 amide bonds. The molecule has 0 bridgehead atoms. The number of aryl methyl sites for hydroxylation is 2. The first-order valence-electron chi connectivity index (χ1n) is 9.33. The van der Waals surface area contributed by atoms with Crippen molar-refractivity contribution in [1.29, 1.82) is 0 Å². The summed E-state index contributed by atoms with van der Waals surface area (Å²) in [6.45, 7) is 0. The number of hydrogen-bond acceptors (Lipinski definition) is 5. The van der Waals surface area contributed by atoms with Crippen LogP contribution in [-0.2, 0) is 28.3 Å². The van der Waals surface area contributed by atoms with E-state index < -0.39 is 27.7 Å². The average Bonchev–Trinajstić information content (AvgIpc) is 3.05. The van der Waals surface area contributed by atoms with Gasteiger partial charge in [0.05, 0.1) is 21.5 Å². The van der Waals surface area contributed by atoms with E-state index in [1.54, 1.807) is 17.7 Å². The summed E-state index contributed by atoms with van der Waals surface area (Å²) in [6, 6.07) is 10.1. The molecule has 0 radical (unpaired) electrons. The van der Waals surface area contributed by atoms with Crippen LogP contribution in [0.5, 0.6) is 0 Å². The molecule has 0 aliphatic heterocycles. The Morgan fingerprint density at radius 2 is 1.84 bits per heavy atom. The Morgan fingerprint density at radius 3 is 2.52 bits per heavy atom. The summed E-state index contributed by atoms with van der Waals surface area (Å²) < 4.78 is 41.1. The second-order valence-electron chi connectivity index (χ2n) is 7.01. The molecule has 3 rings (SSSR count). The van der Waals surface area contributed by atoms with Crippen molar-refractivity contribution in [2.45, 2.75) is 17.7 Å². The Bertz CT molecular complexity index is 1250. The largest absolute Gasteiger partial charge is 0.331 e. The van der Waals surface area contributed by atoms with Gasteiger partial charge in [-0.1, -0.05) is 12.1 Å². The number of carbonyl (C=O) groups excluding carboxylic acids is 2. The van der Waals surface area contributed by atoms with Crippen molar-refractivity contribution in [2.24, 2.45) is 7.05 Å². The highest BCUT2D eigenvalue weighted by atomic mass is 32.2. The van der Waals surface area contributed by atoms with Crippen LogP contribution in [0.25, 0.3) is 11.0 Å². The third kappa shape index (κ3) is 4.72. The van der Waals surface area contributed by atoms with E-state index in [2.05, 4.69) is 15.8 Å². The molecule has 2 N–H and O–H groups in total. The number of rotatable bonds is 6. The fourth-order valence-electron chi connectivity index (χ4n) is 2.95. The van der Waals surface area contributed by atoms with E-state index in [-0.39, 0.29) is 23.3 Å². The molecule has 11 heteroatoms. The van der Waals surface area contributed by atoms with Crippen molar-refractivity contribution in [3.05, 3.63) is 59.7 Å². The molecule has 164 valence electrons. The summed E-state index contributed by atoms with van der Waals surface area (Å²) in [7, 11) is 1.08. The second-order valence-corrected chi connectivity index (χ2v) is 9.16. The van der Waals surface area contributed by atoms with E-state index in [1.807, 2.05) is 0 Å². The Kier molecular flexibility index (Phi) is 6.37. The van der Waals surface area contributed by atoms with Gasteiger partial charge in [0.15, 0.2) is 0 Å². The van der Waals surface area contributed by atoms with Crippen molar-refractivity contribution in [3.8, 4) is 0 Å². The summed E-state index contributed by atoms with van der Waals surface area (Å²) in [5.74, 6) is -1.36. The Labute approximate surface area is 178 Å². The predicted molar refractivity (Wildman–Crippen MR) is 112 cm³/mol. The van der Waals surface area contributed by atoms with Crippen LogP contribution in [0.2, 0.25) is 0 Å². The topological polar surface area (TPSA) is 113 Å². The fourth-order valence-corrected chi connectivity index (χ4v) is 3.87. The third-order valence-electron chi connectivity index (χ3n) is 4.73. The van der Waals surface area contributed by atoms with Crippen LogP contribution < -0.4 is 10.9 Å². The normalized spacial score (nSPS) is 11.6. The number of aromatic nitrogens is 2. The van der Waals surface area contributed by atoms with E-state index in [0.29, 0.717) is 11.3 Å². The van der Waals surface area contributed by atoms with E-state index in [4.69, 9.17) is 0 Å². The van der Waals surface area contributed by atoms with Crippen molar-refractivity contribution in [3.63, 3.8) is 0 Å². The lowest BCUT2D eigenvalue weighted by molar-refractivity contribution is -0.121. The van der Waals surface area contributed by atoms with Gasteiger partial charge in [-0.05, 0) is 30.3 Å². The van der Waals surface area contributed by atoms with Crippen LogP contribution in [0.4, 0.5) is 4.39 Å². The van der Waals surface area contributed by atoms with E-state index >= 15 is 0 Å². The maximum absolute atomic E-state index is 13.6. The first kappa shape index (κ1) is 22.4. The molecule has 1 heterocycles. The van der Waals surface area contributed by atoms with Crippen LogP contribution in [0.3, 0.4) is 0 Å². The Hall–Kier alpha value is -3.31. The number of imidazole rings is 1. The van der Waals surface area contributed by atoms with Gasteiger partial charge < -0.3 is 4.57 Å². The molecule has 0 aliphatic rings. The fraction of sp³-hybridized carbons (Fsp3) is 0.250. The van der Waals surface area contributed by atoms with Crippen LogP contribution in [0, 0.1) is 5.82 Å². The highest BCUT2D eigenvalue weighted by Crippen LogP contribution is 2.21. The van der Waals surface area contributed by atoms with Gasteiger partial charge in [0.1, 0.15) is 11.6 Å². The maximum atomic E-state index is 13.6. The molecule has 0 spiro atoms. The first-order chi connectivity index (χ1) is 14.6. The highest BCUT2D eigenvalue weighted by Gasteiger charge is 2.19. The summed E-state index contributed by atoms with van der Waals surface area (Å²) in [4.78, 5) is 28.6. The lowest BCUT2D eigenvalue weighted by Crippen LogP contribution is -2.42. The summed E-state index contributed by atoms with van der Waals surface area (Å²) >= 11 is 0. The van der Waals surface area contributed by atoms with Gasteiger partial charge in [-0.2, -0.15) is 0 Å². The maximum Gasteiger partial charge on any atom is 0.272 e. The van der Waals surface area contributed by atoms with Gasteiger partial charge >= 0.3 is 0 Å². The SMILES string of the molecule is CN(C)S(=O)(=O)c1ccc2c(c1)nc(CCC(=O)NNC(=O)c1ccccc1F)n2C. The molecule has 2 aromatic carbocycles. The summed E-state index contributed by atoms with van der Waals surface area (Å²) in [5.41, 5.74) is 5.46. The van der Waals surface area contributed by atoms with Gasteiger partial charge in [-0.25, -0.2) is 22.1 Å². The van der Waals surface area contributed by atoms with Crippen molar-refractivity contribution >= 4 is 32.9 Å². The first-order valence-corrected chi connectivity index (χ1v) is 10.8. The average molecular weight is 447 g/mol. The second kappa shape index (κ2) is 8.82. The minimum atomic E-state index is -3.59. The van der Waals surface area contributed by atoms with Crippen molar-refractivity contribution in [1.82, 2.24) is 24.7 Å².